The molecule has 0 fully saturated rings. The van der Waals surface area contributed by atoms with Gasteiger partial charge in [0.15, 0.2) is 0 Å². The van der Waals surface area contributed by atoms with Crippen LogP contribution in [-0.2, 0) is 0 Å². The van der Waals surface area contributed by atoms with Gasteiger partial charge in [-0.2, -0.15) is 0 Å². The molecule has 60 valence electrons. The number of nitrogens with one attached hydrogen (secondary N) is 1. The van der Waals surface area contributed by atoms with Crippen molar-refractivity contribution in [2.75, 3.05) is 4.90 Å². The van der Waals surface area contributed by atoms with Crippen LogP contribution in [0.5, 0.6) is 0 Å². The van der Waals surface area contributed by atoms with Crippen LogP contribution in [0.25, 0.3) is 0 Å². The van der Waals surface area contributed by atoms with Gasteiger partial charge in [-0.3, -0.25) is 0 Å². The predicted octanol–water partition coefficient (Wildman–Crippen LogP) is 2.22. The Morgan fingerprint density at radius 3 is 2.58 bits per heavy atom. The maximum absolute atomic E-state index is 5.75. The summed E-state index contributed by atoms with van der Waals surface area (Å²) in [7, 11) is 0. The van der Waals surface area contributed by atoms with Gasteiger partial charge < -0.3 is 10.2 Å². The molecule has 0 aromatic heterocycles. The first kappa shape index (κ1) is 7.50. The molecule has 3 heteroatoms. The van der Waals surface area contributed by atoms with E-state index < -0.39 is 0 Å². The number of benzene rings is 1. The summed E-state index contributed by atoms with van der Waals surface area (Å²) in [5.74, 6) is 0. The summed E-state index contributed by atoms with van der Waals surface area (Å²) in [5, 5.41) is 3.59. The molecule has 1 aliphatic rings. The molecule has 0 spiro atoms. The average molecular weight is 179 g/mol. The minimum absolute atomic E-state index is 0.745. The maximum atomic E-state index is 5.75. The van der Waals surface area contributed by atoms with Crippen molar-refractivity contribution in [3.05, 3.63) is 48.4 Å². The Morgan fingerprint density at radius 1 is 1.25 bits per heavy atom. The highest BCUT2D eigenvalue weighted by Crippen LogP contribution is 2.19. The summed E-state index contributed by atoms with van der Waals surface area (Å²) in [6, 6.07) is 7.58. The van der Waals surface area contributed by atoms with Crippen LogP contribution in [0.15, 0.2) is 36.7 Å². The van der Waals surface area contributed by atoms with E-state index >= 15 is 0 Å². The molecule has 0 aliphatic carbocycles. The Labute approximate surface area is 76.4 Å². The van der Waals surface area contributed by atoms with E-state index in [4.69, 9.17) is 11.6 Å². The Hall–Kier alpha value is -1.15. The maximum Gasteiger partial charge on any atom is 0.209 e. The smallest absolute Gasteiger partial charge is 0.209 e. The van der Waals surface area contributed by atoms with Crippen molar-refractivity contribution in [3.8, 4) is 0 Å². The van der Waals surface area contributed by atoms with Crippen molar-refractivity contribution < 1.29 is 0 Å². The summed E-state index contributed by atoms with van der Waals surface area (Å²) >= 11 is 5.75. The molecule has 0 atom stereocenters. The van der Waals surface area contributed by atoms with Crippen molar-refractivity contribution in [1.29, 1.82) is 0 Å². The highest BCUT2D eigenvalue weighted by molar-refractivity contribution is 6.30. The van der Waals surface area contributed by atoms with Crippen molar-refractivity contribution in [2.24, 2.45) is 0 Å². The van der Waals surface area contributed by atoms with Crippen LogP contribution in [0, 0.1) is 6.67 Å². The number of anilines is 1. The van der Waals surface area contributed by atoms with Crippen molar-refractivity contribution in [3.63, 3.8) is 0 Å². The van der Waals surface area contributed by atoms with Gasteiger partial charge in [0.25, 0.3) is 0 Å². The normalized spacial score (nSPS) is 14.9. The second kappa shape index (κ2) is 3.07. The molecule has 0 unspecified atom stereocenters. The largest absolute Gasteiger partial charge is 0.360 e. The van der Waals surface area contributed by atoms with E-state index in [-0.39, 0.29) is 0 Å². The quantitative estimate of drug-likeness (QED) is 0.710. The van der Waals surface area contributed by atoms with Gasteiger partial charge >= 0.3 is 0 Å². The van der Waals surface area contributed by atoms with Crippen molar-refractivity contribution >= 4 is 17.3 Å². The number of nitrogens with zero attached hydrogens (tertiary/aromatic N) is 1. The highest BCUT2D eigenvalue weighted by atomic mass is 35.5. The van der Waals surface area contributed by atoms with Gasteiger partial charge in [-0.1, -0.05) is 11.6 Å². The standard InChI is InChI=1S/C9H7ClN2/c10-8-1-3-9(4-2-8)12-6-5-11-7-12/h1-6,11H. The van der Waals surface area contributed by atoms with Crippen LogP contribution in [0.3, 0.4) is 0 Å². The van der Waals surface area contributed by atoms with E-state index in [1.165, 1.54) is 0 Å². The van der Waals surface area contributed by atoms with Crippen molar-refractivity contribution in [2.45, 2.75) is 0 Å². The third-order valence-electron chi connectivity index (χ3n) is 1.60. The summed E-state index contributed by atoms with van der Waals surface area (Å²) in [4.78, 5) is 1.86. The van der Waals surface area contributed by atoms with E-state index in [1.807, 2.05) is 41.6 Å². The van der Waals surface area contributed by atoms with Crippen LogP contribution in [0.1, 0.15) is 0 Å². The van der Waals surface area contributed by atoms with Crippen LogP contribution in [0.4, 0.5) is 5.69 Å². The number of halogens is 1. The van der Waals surface area contributed by atoms with Gasteiger partial charge in [0.1, 0.15) is 0 Å². The summed E-state index contributed by atoms with van der Waals surface area (Å²) in [5.41, 5.74) is 1.04. The van der Waals surface area contributed by atoms with Crippen LogP contribution < -0.4 is 10.2 Å². The molecule has 0 bridgehead atoms. The predicted molar refractivity (Wildman–Crippen MR) is 49.4 cm³/mol. The molecular weight excluding hydrogens is 172 g/mol. The van der Waals surface area contributed by atoms with Gasteiger partial charge in [0, 0.05) is 23.1 Å². The molecule has 1 aromatic rings. The number of rotatable bonds is 1. The first-order valence-corrected chi connectivity index (χ1v) is 3.97. The Kier molecular flexibility index (Phi) is 1.92. The molecule has 1 N–H and O–H groups in total. The van der Waals surface area contributed by atoms with Gasteiger partial charge in [0.2, 0.25) is 6.67 Å². The van der Waals surface area contributed by atoms with E-state index in [9.17, 15) is 0 Å². The van der Waals surface area contributed by atoms with Gasteiger partial charge in [0.05, 0.1) is 0 Å². The first-order chi connectivity index (χ1) is 5.86. The molecule has 1 aromatic carbocycles. The second-order valence-electron chi connectivity index (χ2n) is 2.42. The van der Waals surface area contributed by atoms with Crippen molar-refractivity contribution in [1.82, 2.24) is 5.32 Å². The zero-order valence-electron chi connectivity index (χ0n) is 6.29. The fraction of sp³-hybridized carbons (Fsp3) is 0. The lowest BCUT2D eigenvalue weighted by Gasteiger charge is -2.12. The van der Waals surface area contributed by atoms with Crippen LogP contribution in [0.2, 0.25) is 5.02 Å². The molecule has 2 radical (unpaired) electrons. The number of hydrogen-bond donors (Lipinski definition) is 1. The van der Waals surface area contributed by atoms with Crippen LogP contribution >= 0.6 is 11.6 Å². The molecule has 2 rings (SSSR count). The average Bonchev–Trinajstić information content (AvgIpc) is 2.58. The minimum Gasteiger partial charge on any atom is -0.360 e. The van der Waals surface area contributed by atoms with E-state index in [0.717, 1.165) is 10.7 Å². The molecule has 0 saturated heterocycles. The molecule has 1 heterocycles. The summed E-state index contributed by atoms with van der Waals surface area (Å²) < 4.78 is 0. The summed E-state index contributed by atoms with van der Waals surface area (Å²) in [6.45, 7) is 2.92. The molecule has 0 amide bonds. The van der Waals surface area contributed by atoms with Gasteiger partial charge in [-0.15, -0.1) is 0 Å². The Balaban J connectivity index is 2.23. The zero-order chi connectivity index (χ0) is 8.39. The SMILES string of the molecule is Clc1ccc(N2[C]NC=C2)cc1. The molecule has 0 saturated carbocycles. The zero-order valence-corrected chi connectivity index (χ0v) is 7.05. The van der Waals surface area contributed by atoms with E-state index in [2.05, 4.69) is 12.0 Å². The second-order valence-corrected chi connectivity index (χ2v) is 2.85. The fourth-order valence-corrected chi connectivity index (χ4v) is 1.13. The van der Waals surface area contributed by atoms with Crippen LogP contribution in [-0.4, -0.2) is 0 Å². The molecule has 2 nitrogen and oxygen atoms in total. The van der Waals surface area contributed by atoms with E-state index in [0.29, 0.717) is 0 Å². The number of hydrogen-bond acceptors (Lipinski definition) is 2. The molecule has 12 heavy (non-hydrogen) atoms. The lowest BCUT2D eigenvalue weighted by atomic mass is 10.3. The van der Waals surface area contributed by atoms with Gasteiger partial charge in [-0.25, -0.2) is 0 Å². The molecular formula is C9H7ClN2. The Bertz CT molecular complexity index is 292. The topological polar surface area (TPSA) is 15.3 Å². The summed E-state index contributed by atoms with van der Waals surface area (Å²) in [6.07, 6.45) is 3.71. The minimum atomic E-state index is 0.745. The fourth-order valence-electron chi connectivity index (χ4n) is 1.01. The lowest BCUT2D eigenvalue weighted by Crippen LogP contribution is -2.12. The third kappa shape index (κ3) is 1.38. The lowest BCUT2D eigenvalue weighted by molar-refractivity contribution is 1.04. The Morgan fingerprint density at radius 2 is 2.00 bits per heavy atom. The third-order valence-corrected chi connectivity index (χ3v) is 1.85. The first-order valence-electron chi connectivity index (χ1n) is 3.59. The monoisotopic (exact) mass is 178 g/mol. The van der Waals surface area contributed by atoms with Gasteiger partial charge in [-0.05, 0) is 24.3 Å². The van der Waals surface area contributed by atoms with E-state index in [1.54, 1.807) is 0 Å². The molecule has 1 aliphatic heterocycles. The highest BCUT2D eigenvalue weighted by Gasteiger charge is 2.06.